The Hall–Kier alpha value is -1.28. The highest BCUT2D eigenvalue weighted by Gasteiger charge is 2.36. The van der Waals surface area contributed by atoms with E-state index in [4.69, 9.17) is 21.4 Å². The highest BCUT2D eigenvalue weighted by molar-refractivity contribution is 6.33. The van der Waals surface area contributed by atoms with Crippen LogP contribution >= 0.6 is 11.6 Å². The number of ether oxygens (including phenoxy) is 1. The van der Waals surface area contributed by atoms with E-state index in [1.165, 1.54) is 17.1 Å². The van der Waals surface area contributed by atoms with Crippen LogP contribution in [0.2, 0.25) is 5.15 Å². The molecule has 19 heavy (non-hydrogen) atoms. The van der Waals surface area contributed by atoms with Gasteiger partial charge in [-0.2, -0.15) is 0 Å². The molecule has 0 saturated carbocycles. The van der Waals surface area contributed by atoms with Gasteiger partial charge < -0.3 is 19.5 Å². The number of aliphatic hydroxyl groups excluding tert-OH is 2. The van der Waals surface area contributed by atoms with Crippen LogP contribution in [0, 0.1) is 5.82 Å². The van der Waals surface area contributed by atoms with Gasteiger partial charge in [-0.15, -0.1) is 0 Å². The van der Waals surface area contributed by atoms with E-state index in [1.54, 1.807) is 0 Å². The van der Waals surface area contributed by atoms with E-state index in [1.807, 2.05) is 0 Å². The molecule has 3 atom stereocenters. The van der Waals surface area contributed by atoms with Crippen molar-refractivity contribution in [2.24, 2.45) is 0 Å². The van der Waals surface area contributed by atoms with E-state index in [0.717, 1.165) is 0 Å². The second-order valence-corrected chi connectivity index (χ2v) is 4.74. The lowest BCUT2D eigenvalue weighted by Crippen LogP contribution is -2.19. The highest BCUT2D eigenvalue weighted by Crippen LogP contribution is 2.33. The lowest BCUT2D eigenvalue weighted by atomic mass is 10.2. The van der Waals surface area contributed by atoms with Crippen molar-refractivity contribution in [3.63, 3.8) is 0 Å². The zero-order chi connectivity index (χ0) is 13.6. The topological polar surface area (TPSA) is 80.4 Å². The van der Waals surface area contributed by atoms with Gasteiger partial charge in [0.15, 0.2) is 12.0 Å². The van der Waals surface area contributed by atoms with Gasteiger partial charge in [0.2, 0.25) is 0 Å². The number of nitrogens with zero attached hydrogens (tertiary/aromatic N) is 3. The smallest absolute Gasteiger partial charge is 0.161 e. The Morgan fingerprint density at radius 2 is 2.32 bits per heavy atom. The van der Waals surface area contributed by atoms with Crippen molar-refractivity contribution in [2.75, 3.05) is 6.61 Å². The van der Waals surface area contributed by atoms with Crippen LogP contribution in [-0.4, -0.2) is 43.6 Å². The average Bonchev–Trinajstić information content (AvgIpc) is 2.91. The van der Waals surface area contributed by atoms with Gasteiger partial charge in [-0.25, -0.2) is 14.4 Å². The number of rotatable bonds is 2. The largest absolute Gasteiger partial charge is 0.394 e. The molecular formula is C11H11ClFN3O3. The molecule has 3 heterocycles. The van der Waals surface area contributed by atoms with Crippen molar-refractivity contribution < 1.29 is 19.3 Å². The van der Waals surface area contributed by atoms with Gasteiger partial charge in [0.1, 0.15) is 23.2 Å². The van der Waals surface area contributed by atoms with Crippen molar-refractivity contribution >= 4 is 22.6 Å². The van der Waals surface area contributed by atoms with E-state index < -0.39 is 24.3 Å². The lowest BCUT2D eigenvalue weighted by molar-refractivity contribution is -0.0486. The van der Waals surface area contributed by atoms with E-state index in [-0.39, 0.29) is 29.2 Å². The molecule has 2 aromatic rings. The van der Waals surface area contributed by atoms with Crippen LogP contribution in [0.15, 0.2) is 12.5 Å². The molecule has 0 amide bonds. The monoisotopic (exact) mass is 287 g/mol. The van der Waals surface area contributed by atoms with E-state index in [2.05, 4.69) is 9.97 Å². The van der Waals surface area contributed by atoms with Crippen molar-refractivity contribution in [1.29, 1.82) is 0 Å². The normalized spacial score (nSPS) is 27.3. The summed E-state index contributed by atoms with van der Waals surface area (Å²) in [6.07, 6.45) is 0.542. The molecule has 2 N–H and O–H groups in total. The van der Waals surface area contributed by atoms with Crippen LogP contribution in [-0.2, 0) is 4.74 Å². The Bertz CT molecular complexity index is 620. The van der Waals surface area contributed by atoms with Crippen LogP contribution in [0.25, 0.3) is 11.0 Å². The fourth-order valence-electron chi connectivity index (χ4n) is 2.30. The first-order valence-electron chi connectivity index (χ1n) is 5.72. The molecule has 2 aromatic heterocycles. The highest BCUT2D eigenvalue weighted by atomic mass is 35.5. The molecule has 1 aliphatic rings. The molecule has 8 heteroatoms. The maximum Gasteiger partial charge on any atom is 0.161 e. The van der Waals surface area contributed by atoms with Crippen LogP contribution < -0.4 is 0 Å². The van der Waals surface area contributed by atoms with Crippen LogP contribution in [0.5, 0.6) is 0 Å². The molecule has 0 aliphatic carbocycles. The summed E-state index contributed by atoms with van der Waals surface area (Å²) < 4.78 is 20.7. The van der Waals surface area contributed by atoms with Gasteiger partial charge in [0.05, 0.1) is 18.1 Å². The first kappa shape index (κ1) is 12.7. The van der Waals surface area contributed by atoms with Gasteiger partial charge in [0, 0.05) is 12.6 Å². The summed E-state index contributed by atoms with van der Waals surface area (Å²) >= 11 is 5.83. The van der Waals surface area contributed by atoms with Crippen molar-refractivity contribution in [1.82, 2.24) is 14.5 Å². The molecule has 0 bridgehead atoms. The third-order valence-electron chi connectivity index (χ3n) is 3.16. The molecule has 1 aliphatic heterocycles. The van der Waals surface area contributed by atoms with E-state index in [9.17, 15) is 9.50 Å². The molecule has 0 radical (unpaired) electrons. The first-order chi connectivity index (χ1) is 9.11. The van der Waals surface area contributed by atoms with Gasteiger partial charge in [-0.3, -0.25) is 0 Å². The number of aromatic nitrogens is 3. The third-order valence-corrected chi connectivity index (χ3v) is 3.45. The Labute approximate surface area is 112 Å². The van der Waals surface area contributed by atoms with Crippen LogP contribution in [0.4, 0.5) is 4.39 Å². The summed E-state index contributed by atoms with van der Waals surface area (Å²) in [6, 6.07) is 0. The summed E-state index contributed by atoms with van der Waals surface area (Å²) in [5.41, 5.74) is 0.250. The minimum absolute atomic E-state index is 0.00689. The predicted molar refractivity (Wildman–Crippen MR) is 64.1 cm³/mol. The number of halogens is 2. The maximum absolute atomic E-state index is 13.9. The Balaban J connectivity index is 2.09. The van der Waals surface area contributed by atoms with Crippen molar-refractivity contribution in [3.8, 4) is 0 Å². The van der Waals surface area contributed by atoms with Gasteiger partial charge in [-0.05, 0) is 0 Å². The number of aliphatic hydroxyl groups is 2. The zero-order valence-electron chi connectivity index (χ0n) is 9.70. The third kappa shape index (κ3) is 1.99. The average molecular weight is 288 g/mol. The molecule has 0 aromatic carbocycles. The van der Waals surface area contributed by atoms with Gasteiger partial charge >= 0.3 is 0 Å². The minimum atomic E-state index is -0.846. The second-order valence-electron chi connectivity index (χ2n) is 4.38. The molecule has 0 unspecified atom stereocenters. The quantitative estimate of drug-likeness (QED) is 0.801. The SMILES string of the molecule is OC[C@@H]1C[C@H](O)[C@H](n2cc(F)c3c(Cl)ncnc32)O1. The maximum atomic E-state index is 13.9. The number of fused-ring (bicyclic) bond motifs is 1. The summed E-state index contributed by atoms with van der Waals surface area (Å²) in [7, 11) is 0. The molecular weight excluding hydrogens is 277 g/mol. The Morgan fingerprint density at radius 1 is 1.53 bits per heavy atom. The van der Waals surface area contributed by atoms with Crippen molar-refractivity contribution in [3.05, 3.63) is 23.5 Å². The van der Waals surface area contributed by atoms with Crippen LogP contribution in [0.1, 0.15) is 12.6 Å². The minimum Gasteiger partial charge on any atom is -0.394 e. The molecule has 1 saturated heterocycles. The molecule has 0 spiro atoms. The molecule has 3 rings (SSSR count). The Kier molecular flexibility index (Phi) is 3.14. The summed E-state index contributed by atoms with van der Waals surface area (Å²) in [4.78, 5) is 7.68. The summed E-state index contributed by atoms with van der Waals surface area (Å²) in [5, 5.41) is 19.1. The zero-order valence-corrected chi connectivity index (χ0v) is 10.5. The van der Waals surface area contributed by atoms with E-state index in [0.29, 0.717) is 0 Å². The summed E-state index contributed by atoms with van der Waals surface area (Å²) in [6.45, 7) is -0.203. The summed E-state index contributed by atoms with van der Waals surface area (Å²) in [5.74, 6) is -0.580. The fourth-order valence-corrected chi connectivity index (χ4v) is 2.51. The standard InChI is InChI=1S/C11H11ClFN3O3/c12-9-8-6(13)2-16(10(8)15-4-14-9)11-7(18)1-5(3-17)19-11/h2,4-5,7,11,17-18H,1,3H2/t5-,7-,11+/m0/s1. The number of hydrogen-bond donors (Lipinski definition) is 2. The van der Waals surface area contributed by atoms with Gasteiger partial charge in [-0.1, -0.05) is 11.6 Å². The Morgan fingerprint density at radius 3 is 3.00 bits per heavy atom. The van der Waals surface area contributed by atoms with Crippen molar-refractivity contribution in [2.45, 2.75) is 24.9 Å². The second kappa shape index (κ2) is 4.68. The predicted octanol–water partition coefficient (Wildman–Crippen LogP) is 0.864. The number of hydrogen-bond acceptors (Lipinski definition) is 5. The first-order valence-corrected chi connectivity index (χ1v) is 6.10. The van der Waals surface area contributed by atoms with Gasteiger partial charge in [0.25, 0.3) is 0 Å². The molecule has 1 fully saturated rings. The lowest BCUT2D eigenvalue weighted by Gasteiger charge is -2.16. The van der Waals surface area contributed by atoms with E-state index >= 15 is 0 Å². The molecule has 6 nitrogen and oxygen atoms in total. The molecule has 102 valence electrons. The fraction of sp³-hybridized carbons (Fsp3) is 0.455. The van der Waals surface area contributed by atoms with Crippen LogP contribution in [0.3, 0.4) is 0 Å².